The zero-order valence-corrected chi connectivity index (χ0v) is 16.3. The minimum atomic E-state index is 0.388. The van der Waals surface area contributed by atoms with E-state index in [4.69, 9.17) is 9.15 Å². The number of hydroxylamine groups is 1. The van der Waals surface area contributed by atoms with E-state index in [1.807, 2.05) is 48.5 Å². The van der Waals surface area contributed by atoms with Gasteiger partial charge in [0.25, 0.3) is 0 Å². The summed E-state index contributed by atoms with van der Waals surface area (Å²) in [6.07, 6.45) is 2.32. The predicted octanol–water partition coefficient (Wildman–Crippen LogP) is 5.23. The Kier molecular flexibility index (Phi) is 5.37. The SMILES string of the molecule is COc1ccc(C2CCCN2Cc2ccc(-c3ccccc3N(C)[O-])o2)cc1. The Morgan fingerprint density at radius 2 is 1.89 bits per heavy atom. The largest absolute Gasteiger partial charge is 0.758 e. The zero-order chi connectivity index (χ0) is 19.5. The van der Waals surface area contributed by atoms with Gasteiger partial charge >= 0.3 is 0 Å². The lowest BCUT2D eigenvalue weighted by atomic mass is 10.0. The predicted molar refractivity (Wildman–Crippen MR) is 111 cm³/mol. The first-order valence-electron chi connectivity index (χ1n) is 9.62. The molecule has 0 N–H and O–H groups in total. The van der Waals surface area contributed by atoms with Crippen molar-refractivity contribution in [2.75, 3.05) is 25.8 Å². The van der Waals surface area contributed by atoms with Crippen molar-refractivity contribution < 1.29 is 9.15 Å². The number of likely N-dealkylation sites (tertiary alicyclic amines) is 1. The number of nitrogens with zero attached hydrogens (tertiary/aromatic N) is 2. The van der Waals surface area contributed by atoms with Crippen molar-refractivity contribution in [1.82, 2.24) is 4.90 Å². The molecule has 28 heavy (non-hydrogen) atoms. The molecule has 0 saturated carbocycles. The van der Waals surface area contributed by atoms with Crippen LogP contribution in [-0.4, -0.2) is 25.6 Å². The summed E-state index contributed by atoms with van der Waals surface area (Å²) >= 11 is 0. The summed E-state index contributed by atoms with van der Waals surface area (Å²) in [7, 11) is 3.19. The van der Waals surface area contributed by atoms with Crippen LogP contribution in [0.25, 0.3) is 11.3 Å². The molecule has 0 amide bonds. The number of benzene rings is 2. The van der Waals surface area contributed by atoms with Crippen molar-refractivity contribution in [3.63, 3.8) is 0 Å². The van der Waals surface area contributed by atoms with Crippen LogP contribution in [0.4, 0.5) is 5.69 Å². The Labute approximate surface area is 165 Å². The number of anilines is 1. The van der Waals surface area contributed by atoms with Crippen LogP contribution >= 0.6 is 0 Å². The molecule has 5 nitrogen and oxygen atoms in total. The molecule has 1 fully saturated rings. The second kappa shape index (κ2) is 8.09. The minimum absolute atomic E-state index is 0.388. The number of hydrogen-bond acceptors (Lipinski definition) is 5. The van der Waals surface area contributed by atoms with E-state index in [1.54, 1.807) is 7.11 Å². The third-order valence-electron chi connectivity index (χ3n) is 5.39. The summed E-state index contributed by atoms with van der Waals surface area (Å²) in [4.78, 5) is 2.45. The Morgan fingerprint density at radius 3 is 2.64 bits per heavy atom. The molecule has 4 rings (SSSR count). The highest BCUT2D eigenvalue weighted by Gasteiger charge is 2.27. The van der Waals surface area contributed by atoms with E-state index in [0.29, 0.717) is 11.7 Å². The van der Waals surface area contributed by atoms with Crippen LogP contribution in [-0.2, 0) is 6.54 Å². The summed E-state index contributed by atoms with van der Waals surface area (Å²) in [6, 6.07) is 20.2. The quantitative estimate of drug-likeness (QED) is 0.551. The molecule has 0 bridgehead atoms. The van der Waals surface area contributed by atoms with Crippen molar-refractivity contribution >= 4 is 5.69 Å². The molecule has 146 valence electrons. The first-order valence-corrected chi connectivity index (χ1v) is 9.62. The van der Waals surface area contributed by atoms with Crippen molar-refractivity contribution in [2.24, 2.45) is 0 Å². The van der Waals surface area contributed by atoms with Gasteiger partial charge < -0.3 is 19.4 Å². The van der Waals surface area contributed by atoms with Crippen LogP contribution in [0.15, 0.2) is 65.1 Å². The van der Waals surface area contributed by atoms with Crippen LogP contribution in [0.2, 0.25) is 0 Å². The molecular weight excluding hydrogens is 352 g/mol. The summed E-state index contributed by atoms with van der Waals surface area (Å²) in [5.41, 5.74) is 2.74. The van der Waals surface area contributed by atoms with E-state index in [9.17, 15) is 5.21 Å². The van der Waals surface area contributed by atoms with E-state index in [-0.39, 0.29) is 0 Å². The summed E-state index contributed by atoms with van der Waals surface area (Å²) in [6.45, 7) is 1.80. The number of furan rings is 1. The van der Waals surface area contributed by atoms with Crippen molar-refractivity contribution in [3.05, 3.63) is 77.2 Å². The maximum Gasteiger partial charge on any atom is 0.136 e. The Hall–Kier alpha value is -2.76. The number of para-hydroxylation sites is 1. The highest BCUT2D eigenvalue weighted by molar-refractivity contribution is 5.75. The maximum atomic E-state index is 11.8. The number of hydrogen-bond donors (Lipinski definition) is 0. The van der Waals surface area contributed by atoms with Gasteiger partial charge in [0.1, 0.15) is 17.3 Å². The molecule has 1 aromatic heterocycles. The molecule has 1 atom stereocenters. The first-order chi connectivity index (χ1) is 13.7. The average Bonchev–Trinajstić information content (AvgIpc) is 3.38. The van der Waals surface area contributed by atoms with E-state index < -0.39 is 0 Å². The van der Waals surface area contributed by atoms with Gasteiger partial charge in [0.15, 0.2) is 0 Å². The number of methoxy groups -OCH3 is 1. The van der Waals surface area contributed by atoms with E-state index in [0.717, 1.165) is 47.4 Å². The molecule has 0 spiro atoms. The van der Waals surface area contributed by atoms with E-state index in [1.165, 1.54) is 19.0 Å². The Morgan fingerprint density at radius 1 is 1.11 bits per heavy atom. The van der Waals surface area contributed by atoms with Crippen molar-refractivity contribution in [3.8, 4) is 17.1 Å². The molecular formula is C23H25N2O3-. The summed E-state index contributed by atoms with van der Waals surface area (Å²) < 4.78 is 11.4. The average molecular weight is 377 g/mol. The fourth-order valence-electron chi connectivity index (χ4n) is 3.98. The molecule has 1 unspecified atom stereocenters. The molecule has 0 aliphatic carbocycles. The van der Waals surface area contributed by atoms with E-state index >= 15 is 0 Å². The third kappa shape index (κ3) is 3.77. The Bertz CT molecular complexity index is 918. The van der Waals surface area contributed by atoms with Gasteiger partial charge in [0.05, 0.1) is 13.7 Å². The second-order valence-electron chi connectivity index (χ2n) is 7.18. The normalized spacial score (nSPS) is 17.0. The van der Waals surface area contributed by atoms with Crippen molar-refractivity contribution in [2.45, 2.75) is 25.4 Å². The smallest absolute Gasteiger partial charge is 0.136 e. The fourth-order valence-corrected chi connectivity index (χ4v) is 3.98. The van der Waals surface area contributed by atoms with Crippen LogP contribution in [0.5, 0.6) is 5.75 Å². The first kappa shape index (κ1) is 18.6. The minimum Gasteiger partial charge on any atom is -0.758 e. The number of rotatable bonds is 6. The van der Waals surface area contributed by atoms with Gasteiger partial charge in [0.2, 0.25) is 0 Å². The molecule has 1 saturated heterocycles. The second-order valence-corrected chi connectivity index (χ2v) is 7.18. The van der Waals surface area contributed by atoms with Gasteiger partial charge in [-0.2, -0.15) is 0 Å². The third-order valence-corrected chi connectivity index (χ3v) is 5.39. The van der Waals surface area contributed by atoms with Gasteiger partial charge in [0, 0.05) is 17.3 Å². The molecule has 2 aromatic carbocycles. The lowest BCUT2D eigenvalue weighted by Crippen LogP contribution is -2.22. The van der Waals surface area contributed by atoms with Gasteiger partial charge in [-0.3, -0.25) is 4.90 Å². The number of ether oxygens (including phenoxy) is 1. The zero-order valence-electron chi connectivity index (χ0n) is 16.3. The monoisotopic (exact) mass is 377 g/mol. The van der Waals surface area contributed by atoms with Crippen molar-refractivity contribution in [1.29, 1.82) is 0 Å². The summed E-state index contributed by atoms with van der Waals surface area (Å²) in [5, 5.41) is 12.7. The lowest BCUT2D eigenvalue weighted by molar-refractivity contribution is 0.229. The highest BCUT2D eigenvalue weighted by Crippen LogP contribution is 2.36. The fraction of sp³-hybridized carbons (Fsp3) is 0.304. The van der Waals surface area contributed by atoms with Gasteiger partial charge in [-0.25, -0.2) is 0 Å². The molecule has 3 aromatic rings. The molecule has 0 radical (unpaired) electrons. The van der Waals surface area contributed by atoms with E-state index in [2.05, 4.69) is 17.0 Å². The van der Waals surface area contributed by atoms with Gasteiger partial charge in [-0.15, -0.1) is 0 Å². The molecule has 1 aliphatic rings. The van der Waals surface area contributed by atoms with Gasteiger partial charge in [-0.05, 0) is 68.4 Å². The highest BCUT2D eigenvalue weighted by atomic mass is 16.5. The topological polar surface area (TPSA) is 51.9 Å². The molecule has 1 aliphatic heterocycles. The lowest BCUT2D eigenvalue weighted by Gasteiger charge is -2.26. The van der Waals surface area contributed by atoms with Crippen LogP contribution in [0, 0.1) is 5.21 Å². The standard InChI is InChI=1S/C23H25N2O3/c1-24(26)22-7-4-3-6-20(22)23-14-13-19(28-23)16-25-15-5-8-21(25)17-9-11-18(27-2)12-10-17/h3-4,6-7,9-14,21H,5,8,15-16H2,1-2H3/q-1. The Balaban J connectivity index is 1.52. The summed E-state index contributed by atoms with van der Waals surface area (Å²) in [5.74, 6) is 2.53. The molecule has 5 heteroatoms. The van der Waals surface area contributed by atoms with Crippen LogP contribution in [0.3, 0.4) is 0 Å². The van der Waals surface area contributed by atoms with Crippen LogP contribution in [0.1, 0.15) is 30.2 Å². The van der Waals surface area contributed by atoms with Gasteiger partial charge in [-0.1, -0.05) is 24.3 Å². The van der Waals surface area contributed by atoms with Crippen LogP contribution < -0.4 is 9.80 Å². The molecule has 2 heterocycles. The maximum absolute atomic E-state index is 11.8.